The largest absolute Gasteiger partial charge is 0.273 e. The van der Waals surface area contributed by atoms with Gasteiger partial charge in [-0.3, -0.25) is 4.79 Å². The highest BCUT2D eigenvalue weighted by molar-refractivity contribution is 5.75. The normalized spacial score (nSPS) is 9.90. The van der Waals surface area contributed by atoms with Gasteiger partial charge in [0, 0.05) is 13.0 Å². The molecule has 0 aliphatic carbocycles. The summed E-state index contributed by atoms with van der Waals surface area (Å²) in [5.41, 5.74) is 1.53. The summed E-state index contributed by atoms with van der Waals surface area (Å²) in [7, 11) is 0. The third-order valence-corrected chi connectivity index (χ3v) is 1.23. The lowest BCUT2D eigenvalue weighted by Crippen LogP contribution is -2.08. The summed E-state index contributed by atoms with van der Waals surface area (Å²) >= 11 is 0. The molecular weight excluding hydrogens is 128 g/mol. The molecule has 3 heteroatoms. The van der Waals surface area contributed by atoms with E-state index in [1.165, 1.54) is 11.6 Å². The van der Waals surface area contributed by atoms with Gasteiger partial charge in [-0.2, -0.15) is 5.10 Å². The quantitative estimate of drug-likeness (QED) is 0.533. The van der Waals surface area contributed by atoms with Crippen LogP contribution in [0, 0.1) is 19.9 Å². The second-order valence-corrected chi connectivity index (χ2v) is 2.23. The van der Waals surface area contributed by atoms with Gasteiger partial charge in [0.1, 0.15) is 0 Å². The molecule has 10 heavy (non-hydrogen) atoms. The van der Waals surface area contributed by atoms with Crippen LogP contribution in [-0.2, 0) is 0 Å². The van der Waals surface area contributed by atoms with Crippen LogP contribution in [-0.4, -0.2) is 15.7 Å². The molecule has 1 heterocycles. The number of nitrogens with zero attached hydrogens (tertiary/aromatic N) is 2. The van der Waals surface area contributed by atoms with Crippen LogP contribution < -0.4 is 0 Å². The van der Waals surface area contributed by atoms with E-state index < -0.39 is 0 Å². The van der Waals surface area contributed by atoms with Crippen LogP contribution in [0.1, 0.15) is 23.1 Å². The van der Waals surface area contributed by atoms with Gasteiger partial charge in [-0.25, -0.2) is 4.68 Å². The molecule has 0 amide bonds. The lowest BCUT2D eigenvalue weighted by Gasteiger charge is -1.93. The van der Waals surface area contributed by atoms with Gasteiger partial charge in [-0.1, -0.05) is 0 Å². The zero-order valence-corrected chi connectivity index (χ0v) is 6.30. The first-order valence-electron chi connectivity index (χ1n) is 3.07. The summed E-state index contributed by atoms with van der Waals surface area (Å²) in [6.07, 6.45) is 0. The number of aryl methyl sites for hydroxylation is 2. The highest BCUT2D eigenvalue weighted by Gasteiger charge is 2.03. The first-order valence-corrected chi connectivity index (χ1v) is 3.07. The fourth-order valence-corrected chi connectivity index (χ4v) is 0.871. The average Bonchev–Trinajstić information content (AvgIpc) is 2.10. The van der Waals surface area contributed by atoms with E-state index >= 15 is 0 Å². The predicted molar refractivity (Wildman–Crippen MR) is 36.8 cm³/mol. The third-order valence-electron chi connectivity index (χ3n) is 1.23. The summed E-state index contributed by atoms with van der Waals surface area (Å²) < 4.78 is 1.34. The van der Waals surface area contributed by atoms with Crippen LogP contribution in [0.25, 0.3) is 0 Å². The Labute approximate surface area is 59.7 Å². The van der Waals surface area contributed by atoms with Crippen molar-refractivity contribution in [3.05, 3.63) is 17.5 Å². The van der Waals surface area contributed by atoms with Crippen LogP contribution in [0.5, 0.6) is 0 Å². The second-order valence-electron chi connectivity index (χ2n) is 2.23. The number of carbonyl (C=O) groups is 1. The van der Waals surface area contributed by atoms with Gasteiger partial charge in [0.05, 0.1) is 11.4 Å². The Balaban J connectivity index is 3.15. The van der Waals surface area contributed by atoms with Gasteiger partial charge >= 0.3 is 0 Å². The van der Waals surface area contributed by atoms with E-state index in [0.29, 0.717) is 0 Å². The van der Waals surface area contributed by atoms with Crippen molar-refractivity contribution < 1.29 is 4.79 Å². The summed E-state index contributed by atoms with van der Waals surface area (Å²) in [4.78, 5) is 10.8. The van der Waals surface area contributed by atoms with Gasteiger partial charge in [-0.05, 0) is 13.8 Å². The Morgan fingerprint density at radius 3 is 2.40 bits per heavy atom. The van der Waals surface area contributed by atoms with Crippen LogP contribution in [0.15, 0.2) is 0 Å². The van der Waals surface area contributed by atoms with Crippen molar-refractivity contribution >= 4 is 5.91 Å². The van der Waals surface area contributed by atoms with Crippen molar-refractivity contribution in [2.75, 3.05) is 0 Å². The number of aromatic nitrogens is 2. The molecule has 0 spiro atoms. The lowest BCUT2D eigenvalue weighted by atomic mass is 10.4. The molecule has 0 aromatic carbocycles. The third kappa shape index (κ3) is 1.07. The number of rotatable bonds is 0. The van der Waals surface area contributed by atoms with Crippen LogP contribution in [0.3, 0.4) is 0 Å². The van der Waals surface area contributed by atoms with Crippen LogP contribution in [0.2, 0.25) is 0 Å². The molecule has 53 valence electrons. The molecule has 0 saturated carbocycles. The van der Waals surface area contributed by atoms with Crippen molar-refractivity contribution in [2.45, 2.75) is 20.8 Å². The number of carbonyl (C=O) groups excluding carboxylic acids is 1. The van der Waals surface area contributed by atoms with Gasteiger partial charge in [-0.15, -0.1) is 0 Å². The Kier molecular flexibility index (Phi) is 1.57. The lowest BCUT2D eigenvalue weighted by molar-refractivity contribution is 0.0918. The molecule has 1 aromatic heterocycles. The zero-order valence-electron chi connectivity index (χ0n) is 6.30. The van der Waals surface area contributed by atoms with Crippen molar-refractivity contribution in [2.24, 2.45) is 0 Å². The van der Waals surface area contributed by atoms with E-state index in [-0.39, 0.29) is 5.91 Å². The molecule has 0 aliphatic heterocycles. The Bertz CT molecular complexity index is 263. The van der Waals surface area contributed by atoms with Gasteiger partial charge in [0.15, 0.2) is 0 Å². The monoisotopic (exact) mass is 137 g/mol. The minimum atomic E-state index is -0.0677. The standard InChI is InChI=1S/C7H9N2O/c1-5-4-6(2)9(8-5)7(3)10/h1-3H3. The molecule has 0 saturated heterocycles. The Morgan fingerprint density at radius 1 is 1.60 bits per heavy atom. The molecule has 0 aliphatic rings. The average molecular weight is 137 g/mol. The molecule has 0 unspecified atom stereocenters. The second kappa shape index (κ2) is 2.25. The molecule has 0 atom stereocenters. The van der Waals surface area contributed by atoms with Gasteiger partial charge < -0.3 is 0 Å². The van der Waals surface area contributed by atoms with Crippen LogP contribution in [0.4, 0.5) is 0 Å². The summed E-state index contributed by atoms with van der Waals surface area (Å²) in [5.74, 6) is -0.0677. The summed E-state index contributed by atoms with van der Waals surface area (Å²) in [5, 5.41) is 3.92. The maximum atomic E-state index is 10.8. The van der Waals surface area contributed by atoms with Crippen molar-refractivity contribution in [1.82, 2.24) is 9.78 Å². The topological polar surface area (TPSA) is 34.9 Å². The number of hydrogen-bond acceptors (Lipinski definition) is 2. The predicted octanol–water partition coefficient (Wildman–Crippen LogP) is 0.960. The first kappa shape index (κ1) is 6.99. The summed E-state index contributed by atoms with van der Waals surface area (Å²) in [6.45, 7) is 5.10. The van der Waals surface area contributed by atoms with E-state index in [1.54, 1.807) is 6.92 Å². The van der Waals surface area contributed by atoms with Crippen molar-refractivity contribution in [3.8, 4) is 0 Å². The van der Waals surface area contributed by atoms with Gasteiger partial charge in [0.25, 0.3) is 0 Å². The Hall–Kier alpha value is -1.12. The molecule has 0 N–H and O–H groups in total. The highest BCUT2D eigenvalue weighted by Crippen LogP contribution is 1.98. The molecule has 1 radical (unpaired) electrons. The van der Waals surface area contributed by atoms with E-state index in [4.69, 9.17) is 0 Å². The maximum absolute atomic E-state index is 10.8. The van der Waals surface area contributed by atoms with E-state index in [2.05, 4.69) is 11.2 Å². The Morgan fingerprint density at radius 2 is 2.20 bits per heavy atom. The minimum Gasteiger partial charge on any atom is -0.273 e. The molecule has 3 nitrogen and oxygen atoms in total. The SMILES string of the molecule is CC(=O)n1nc(C)[c]c1C. The zero-order chi connectivity index (χ0) is 7.72. The van der Waals surface area contributed by atoms with E-state index in [0.717, 1.165) is 11.4 Å². The molecular formula is C7H9N2O. The molecule has 1 aromatic rings. The molecule has 0 bridgehead atoms. The molecule has 0 fully saturated rings. The minimum absolute atomic E-state index is 0.0677. The highest BCUT2D eigenvalue weighted by atomic mass is 16.2. The van der Waals surface area contributed by atoms with Crippen molar-refractivity contribution in [1.29, 1.82) is 0 Å². The summed E-state index contributed by atoms with van der Waals surface area (Å²) in [6, 6.07) is 2.92. The first-order chi connectivity index (χ1) is 4.61. The van der Waals surface area contributed by atoms with Crippen molar-refractivity contribution in [3.63, 3.8) is 0 Å². The fraction of sp³-hybridized carbons (Fsp3) is 0.429. The van der Waals surface area contributed by atoms with Crippen LogP contribution >= 0.6 is 0 Å². The number of hydrogen-bond donors (Lipinski definition) is 0. The van der Waals surface area contributed by atoms with E-state index in [1.807, 2.05) is 6.92 Å². The smallest absolute Gasteiger partial charge is 0.243 e. The maximum Gasteiger partial charge on any atom is 0.243 e. The molecule has 1 rings (SSSR count). The van der Waals surface area contributed by atoms with Gasteiger partial charge in [0.2, 0.25) is 5.91 Å². The van der Waals surface area contributed by atoms with E-state index in [9.17, 15) is 4.79 Å². The fourth-order valence-electron chi connectivity index (χ4n) is 0.871.